The summed E-state index contributed by atoms with van der Waals surface area (Å²) in [6, 6.07) is 16.6. The number of nitrogens with one attached hydrogen (secondary N) is 2. The summed E-state index contributed by atoms with van der Waals surface area (Å²) in [5, 5.41) is 5.44. The maximum absolute atomic E-state index is 12.1. The Morgan fingerprint density at radius 1 is 0.926 bits per heavy atom. The second-order valence-electron chi connectivity index (χ2n) is 5.69. The molecule has 0 fully saturated rings. The van der Waals surface area contributed by atoms with Crippen LogP contribution in [0, 0.1) is 0 Å². The quantitative estimate of drug-likeness (QED) is 0.554. The number of benzene rings is 2. The van der Waals surface area contributed by atoms with Crippen LogP contribution in [-0.2, 0) is 25.5 Å². The fraction of sp³-hybridized carbons (Fsp3) is 0.190. The minimum atomic E-state index is -0.577. The summed E-state index contributed by atoms with van der Waals surface area (Å²) >= 11 is 0. The molecule has 0 radical (unpaired) electrons. The van der Waals surface area contributed by atoms with E-state index in [1.54, 1.807) is 31.2 Å². The van der Waals surface area contributed by atoms with Crippen LogP contribution in [0.5, 0.6) is 0 Å². The molecule has 0 aromatic heterocycles. The molecule has 0 saturated carbocycles. The van der Waals surface area contributed by atoms with Crippen LogP contribution in [0.1, 0.15) is 18.9 Å². The first-order chi connectivity index (χ1) is 13.1. The van der Waals surface area contributed by atoms with Gasteiger partial charge in [-0.3, -0.25) is 9.59 Å². The minimum absolute atomic E-state index is 0.107. The Morgan fingerprint density at radius 3 is 2.33 bits per heavy atom. The number of rotatable bonds is 8. The molecule has 0 aliphatic heterocycles. The summed E-state index contributed by atoms with van der Waals surface area (Å²) in [6.45, 7) is 1.93. The predicted molar refractivity (Wildman–Crippen MR) is 104 cm³/mol. The number of esters is 1. The summed E-state index contributed by atoms with van der Waals surface area (Å²) in [5.74, 6) is -1.15. The van der Waals surface area contributed by atoms with E-state index in [1.807, 2.05) is 30.3 Å². The first-order valence-corrected chi connectivity index (χ1v) is 8.66. The van der Waals surface area contributed by atoms with Gasteiger partial charge in [0.15, 0.2) is 0 Å². The van der Waals surface area contributed by atoms with Crippen molar-refractivity contribution in [3.8, 4) is 0 Å². The van der Waals surface area contributed by atoms with Gasteiger partial charge >= 0.3 is 5.97 Å². The molecule has 2 amide bonds. The van der Waals surface area contributed by atoms with E-state index in [1.165, 1.54) is 0 Å². The Bertz CT molecular complexity index is 816. The minimum Gasteiger partial charge on any atom is -0.463 e. The zero-order valence-corrected chi connectivity index (χ0v) is 15.1. The molecule has 0 aliphatic rings. The number of carbonyl (C=O) groups is 3. The van der Waals surface area contributed by atoms with E-state index in [4.69, 9.17) is 4.74 Å². The zero-order valence-electron chi connectivity index (χ0n) is 15.1. The van der Waals surface area contributed by atoms with Crippen LogP contribution >= 0.6 is 0 Å². The summed E-state index contributed by atoms with van der Waals surface area (Å²) in [5.41, 5.74) is 2.19. The predicted octanol–water partition coefficient (Wildman–Crippen LogP) is 3.32. The molecular weight excluding hydrogens is 344 g/mol. The highest BCUT2D eigenvalue weighted by Crippen LogP contribution is 2.16. The third-order valence-electron chi connectivity index (χ3n) is 3.55. The van der Waals surface area contributed by atoms with Crippen LogP contribution < -0.4 is 10.6 Å². The molecule has 0 atom stereocenters. The Labute approximate surface area is 158 Å². The van der Waals surface area contributed by atoms with Gasteiger partial charge in [-0.1, -0.05) is 36.4 Å². The third kappa shape index (κ3) is 7.56. The molecule has 0 aliphatic carbocycles. The highest BCUT2D eigenvalue weighted by Gasteiger charge is 2.05. The molecule has 2 aromatic carbocycles. The molecule has 2 rings (SSSR count). The van der Waals surface area contributed by atoms with Crippen LogP contribution in [-0.4, -0.2) is 24.4 Å². The van der Waals surface area contributed by atoms with Gasteiger partial charge in [0.25, 0.3) is 0 Å². The Balaban J connectivity index is 1.86. The molecule has 2 aromatic rings. The third-order valence-corrected chi connectivity index (χ3v) is 3.55. The number of hydrogen-bond acceptors (Lipinski definition) is 4. The van der Waals surface area contributed by atoms with E-state index in [2.05, 4.69) is 10.6 Å². The van der Waals surface area contributed by atoms with Crippen molar-refractivity contribution >= 4 is 29.2 Å². The molecular formula is C21H22N2O4. The van der Waals surface area contributed by atoms with E-state index < -0.39 is 11.9 Å². The van der Waals surface area contributed by atoms with Crippen LogP contribution in [0.2, 0.25) is 0 Å². The van der Waals surface area contributed by atoms with Gasteiger partial charge < -0.3 is 15.4 Å². The number of amides is 2. The molecule has 0 unspecified atom stereocenters. The number of hydrogen-bond donors (Lipinski definition) is 2. The highest BCUT2D eigenvalue weighted by atomic mass is 16.5. The van der Waals surface area contributed by atoms with E-state index >= 15 is 0 Å². The molecule has 27 heavy (non-hydrogen) atoms. The van der Waals surface area contributed by atoms with E-state index in [0.717, 1.165) is 17.7 Å². The number of aryl methyl sites for hydroxylation is 1. The lowest BCUT2D eigenvalue weighted by Crippen LogP contribution is -2.13. The Morgan fingerprint density at radius 2 is 1.63 bits per heavy atom. The average Bonchev–Trinajstić information content (AvgIpc) is 2.66. The summed E-state index contributed by atoms with van der Waals surface area (Å²) in [6.07, 6.45) is 3.18. The zero-order chi connectivity index (χ0) is 19.5. The van der Waals surface area contributed by atoms with Crippen molar-refractivity contribution in [1.29, 1.82) is 0 Å². The van der Waals surface area contributed by atoms with Gasteiger partial charge in [-0.05, 0) is 37.1 Å². The van der Waals surface area contributed by atoms with E-state index in [0.29, 0.717) is 24.2 Å². The van der Waals surface area contributed by atoms with Crippen molar-refractivity contribution in [2.75, 3.05) is 17.2 Å². The summed E-state index contributed by atoms with van der Waals surface area (Å²) in [7, 11) is 0. The summed E-state index contributed by atoms with van der Waals surface area (Å²) < 4.78 is 4.71. The van der Waals surface area contributed by atoms with Crippen molar-refractivity contribution in [2.24, 2.45) is 0 Å². The first kappa shape index (κ1) is 19.9. The molecule has 0 spiro atoms. The van der Waals surface area contributed by atoms with Crippen molar-refractivity contribution in [3.63, 3.8) is 0 Å². The second-order valence-corrected chi connectivity index (χ2v) is 5.69. The highest BCUT2D eigenvalue weighted by molar-refractivity contribution is 6.03. The normalized spacial score (nSPS) is 10.4. The SMILES string of the molecule is CCOC(=O)/C=C/C(=O)Nc1cccc(NC(=O)CCc2ccccc2)c1. The van der Waals surface area contributed by atoms with E-state index in [9.17, 15) is 14.4 Å². The second kappa shape index (κ2) is 10.6. The summed E-state index contributed by atoms with van der Waals surface area (Å²) in [4.78, 5) is 35.1. The first-order valence-electron chi connectivity index (χ1n) is 8.66. The van der Waals surface area contributed by atoms with Crippen molar-refractivity contribution in [1.82, 2.24) is 0 Å². The molecule has 0 saturated heterocycles. The fourth-order valence-electron chi connectivity index (χ4n) is 2.32. The molecule has 6 nitrogen and oxygen atoms in total. The van der Waals surface area contributed by atoms with Crippen molar-refractivity contribution in [2.45, 2.75) is 19.8 Å². The molecule has 140 valence electrons. The standard InChI is InChI=1S/C21H22N2O4/c1-2-27-21(26)14-13-20(25)23-18-10-6-9-17(15-18)22-19(24)12-11-16-7-4-3-5-8-16/h3-10,13-15H,2,11-12H2,1H3,(H,22,24)(H,23,25)/b14-13+. The van der Waals surface area contributed by atoms with Gasteiger partial charge in [-0.15, -0.1) is 0 Å². The van der Waals surface area contributed by atoms with E-state index in [-0.39, 0.29) is 12.5 Å². The van der Waals surface area contributed by atoms with Gasteiger partial charge in [0.1, 0.15) is 0 Å². The lowest BCUT2D eigenvalue weighted by Gasteiger charge is -2.08. The van der Waals surface area contributed by atoms with Crippen LogP contribution in [0.4, 0.5) is 11.4 Å². The van der Waals surface area contributed by atoms with Gasteiger partial charge in [-0.2, -0.15) is 0 Å². The van der Waals surface area contributed by atoms with Gasteiger partial charge in [0.2, 0.25) is 11.8 Å². The average molecular weight is 366 g/mol. The molecule has 6 heteroatoms. The van der Waals surface area contributed by atoms with Gasteiger partial charge in [0.05, 0.1) is 6.61 Å². The maximum Gasteiger partial charge on any atom is 0.330 e. The van der Waals surface area contributed by atoms with Crippen LogP contribution in [0.15, 0.2) is 66.7 Å². The number of carbonyl (C=O) groups excluding carboxylic acids is 3. The Kier molecular flexibility index (Phi) is 7.78. The van der Waals surface area contributed by atoms with Crippen LogP contribution in [0.25, 0.3) is 0 Å². The molecule has 2 N–H and O–H groups in total. The van der Waals surface area contributed by atoms with Gasteiger partial charge in [0, 0.05) is 29.9 Å². The van der Waals surface area contributed by atoms with Gasteiger partial charge in [-0.25, -0.2) is 4.79 Å². The topological polar surface area (TPSA) is 84.5 Å². The van der Waals surface area contributed by atoms with Crippen molar-refractivity contribution in [3.05, 3.63) is 72.3 Å². The number of ether oxygens (including phenoxy) is 1. The van der Waals surface area contributed by atoms with Crippen LogP contribution in [0.3, 0.4) is 0 Å². The maximum atomic E-state index is 12.1. The van der Waals surface area contributed by atoms with Crippen molar-refractivity contribution < 1.29 is 19.1 Å². The lowest BCUT2D eigenvalue weighted by atomic mass is 10.1. The molecule has 0 bridgehead atoms. The fourth-order valence-corrected chi connectivity index (χ4v) is 2.32. The Hall–Kier alpha value is -3.41. The smallest absolute Gasteiger partial charge is 0.330 e. The molecule has 0 heterocycles. The lowest BCUT2D eigenvalue weighted by molar-refractivity contribution is -0.137. The number of anilines is 2. The largest absolute Gasteiger partial charge is 0.463 e. The monoisotopic (exact) mass is 366 g/mol.